The summed E-state index contributed by atoms with van der Waals surface area (Å²) in [5, 5.41) is 8.71. The van der Waals surface area contributed by atoms with Gasteiger partial charge in [-0.2, -0.15) is 0 Å². The Balaban J connectivity index is 2.52. The van der Waals surface area contributed by atoms with Crippen LogP contribution in [0.25, 0.3) is 6.08 Å². The molecule has 0 aliphatic heterocycles. The average Bonchev–Trinajstić information content (AvgIpc) is 2.73. The molecular weight excluding hydrogens is 420 g/mol. The summed E-state index contributed by atoms with van der Waals surface area (Å²) in [7, 11) is -1.18. The van der Waals surface area contributed by atoms with Gasteiger partial charge >= 0.3 is 20.7 Å². The first kappa shape index (κ1) is 26.8. The second-order valence-electron chi connectivity index (χ2n) is 6.60. The van der Waals surface area contributed by atoms with Crippen LogP contribution in [0.5, 0.6) is 11.5 Å². The van der Waals surface area contributed by atoms with E-state index in [2.05, 4.69) is 0 Å². The van der Waals surface area contributed by atoms with Crippen LogP contribution in [0, 0.1) is 0 Å². The number of carbonyl (C=O) groups excluding carboxylic acids is 1. The summed E-state index contributed by atoms with van der Waals surface area (Å²) in [6.45, 7) is 7.43. The normalized spacial score (nSPS) is 11.6. The van der Waals surface area contributed by atoms with Gasteiger partial charge in [-0.25, -0.2) is 4.79 Å². The van der Waals surface area contributed by atoms with Gasteiger partial charge in [0.15, 0.2) is 11.5 Å². The van der Waals surface area contributed by atoms with Crippen molar-refractivity contribution < 1.29 is 37.4 Å². The van der Waals surface area contributed by atoms with Crippen LogP contribution in [0.4, 0.5) is 0 Å². The van der Waals surface area contributed by atoms with Gasteiger partial charge in [0.05, 0.1) is 7.11 Å². The van der Waals surface area contributed by atoms with Gasteiger partial charge in [0.2, 0.25) is 0 Å². The maximum atomic E-state index is 12.2. The molecule has 0 heterocycles. The molecule has 1 aromatic carbocycles. The summed E-state index contributed by atoms with van der Waals surface area (Å²) < 4.78 is 28.2. The molecule has 0 bridgehead atoms. The molecule has 0 aromatic heterocycles. The van der Waals surface area contributed by atoms with Crippen LogP contribution in [-0.4, -0.2) is 52.8 Å². The van der Waals surface area contributed by atoms with E-state index in [4.69, 9.17) is 27.9 Å². The quantitative estimate of drug-likeness (QED) is 0.130. The van der Waals surface area contributed by atoms with Crippen molar-refractivity contribution in [2.75, 3.05) is 26.9 Å². The van der Waals surface area contributed by atoms with Crippen molar-refractivity contribution in [3.63, 3.8) is 0 Å². The first-order valence-corrected chi connectivity index (χ1v) is 12.5. The van der Waals surface area contributed by atoms with Crippen LogP contribution in [0.15, 0.2) is 24.3 Å². The Morgan fingerprint density at radius 1 is 0.968 bits per heavy atom. The molecular formula is C22H34O8Si. The zero-order chi connectivity index (χ0) is 23.1. The molecule has 0 unspecified atom stereocenters. The van der Waals surface area contributed by atoms with Gasteiger partial charge in [-0.05, 0) is 57.4 Å². The smallest absolute Gasteiger partial charge is 0.493 e. The predicted octanol–water partition coefficient (Wildman–Crippen LogP) is 4.31. The maximum absolute atomic E-state index is 12.2. The van der Waals surface area contributed by atoms with Crippen LogP contribution >= 0.6 is 0 Å². The van der Waals surface area contributed by atoms with E-state index >= 15 is 0 Å². The third-order valence-electron chi connectivity index (χ3n) is 4.29. The fourth-order valence-corrected chi connectivity index (χ4v) is 5.69. The van der Waals surface area contributed by atoms with Crippen LogP contribution in [0.3, 0.4) is 0 Å². The molecule has 0 aliphatic carbocycles. The van der Waals surface area contributed by atoms with E-state index in [1.54, 1.807) is 18.2 Å². The third-order valence-corrected chi connectivity index (χ3v) is 7.44. The maximum Gasteiger partial charge on any atom is 0.500 e. The van der Waals surface area contributed by atoms with Gasteiger partial charge < -0.3 is 27.9 Å². The third kappa shape index (κ3) is 10.1. The highest BCUT2D eigenvalue weighted by molar-refractivity contribution is 6.60. The molecule has 1 rings (SSSR count). The number of carboxylic acid groups (broad SMARTS) is 1. The first-order chi connectivity index (χ1) is 14.9. The highest BCUT2D eigenvalue weighted by atomic mass is 28.4. The Morgan fingerprint density at radius 2 is 1.61 bits per heavy atom. The molecule has 8 nitrogen and oxygen atoms in total. The molecule has 0 atom stereocenters. The lowest BCUT2D eigenvalue weighted by atomic mass is 10.2. The summed E-state index contributed by atoms with van der Waals surface area (Å²) in [6, 6.07) is 5.58. The zero-order valence-electron chi connectivity index (χ0n) is 18.8. The Hall–Kier alpha value is -2.20. The van der Waals surface area contributed by atoms with Crippen LogP contribution < -0.4 is 9.47 Å². The number of rotatable bonds is 16. The highest BCUT2D eigenvalue weighted by Crippen LogP contribution is 2.29. The molecule has 9 heteroatoms. The van der Waals surface area contributed by atoms with Crippen molar-refractivity contribution in [3.8, 4) is 11.5 Å². The molecule has 0 radical (unpaired) electrons. The highest BCUT2D eigenvalue weighted by Gasteiger charge is 2.39. The van der Waals surface area contributed by atoms with Gasteiger partial charge in [-0.1, -0.05) is 12.5 Å². The van der Waals surface area contributed by atoms with Gasteiger partial charge in [-0.3, -0.25) is 4.79 Å². The second-order valence-corrected chi connectivity index (χ2v) is 9.33. The minimum Gasteiger partial charge on any atom is -0.493 e. The van der Waals surface area contributed by atoms with E-state index in [9.17, 15) is 9.59 Å². The van der Waals surface area contributed by atoms with Crippen molar-refractivity contribution in [1.29, 1.82) is 0 Å². The fourth-order valence-electron chi connectivity index (χ4n) is 3.00. The number of aliphatic carboxylic acids is 1. The number of ether oxygens (including phenoxy) is 2. The summed E-state index contributed by atoms with van der Waals surface area (Å²) in [5.74, 6) is -0.731. The van der Waals surface area contributed by atoms with Crippen molar-refractivity contribution in [1.82, 2.24) is 0 Å². The van der Waals surface area contributed by atoms with Gasteiger partial charge in [0.25, 0.3) is 0 Å². The summed E-state index contributed by atoms with van der Waals surface area (Å²) in [4.78, 5) is 22.8. The van der Waals surface area contributed by atoms with E-state index in [1.807, 2.05) is 20.8 Å². The molecule has 0 aliphatic rings. The molecule has 0 fully saturated rings. The van der Waals surface area contributed by atoms with Crippen molar-refractivity contribution in [3.05, 3.63) is 29.8 Å². The molecule has 1 N–H and O–H groups in total. The molecule has 174 valence electrons. The number of methoxy groups -OCH3 is 1. The number of unbranched alkanes of at least 4 members (excludes halogenated alkanes) is 2. The van der Waals surface area contributed by atoms with Crippen molar-refractivity contribution in [2.45, 2.75) is 52.5 Å². The number of carboxylic acids is 1. The monoisotopic (exact) mass is 454 g/mol. The molecule has 0 spiro atoms. The minimum absolute atomic E-state index is 0.274. The number of hydrogen-bond acceptors (Lipinski definition) is 7. The largest absolute Gasteiger partial charge is 0.500 e. The Morgan fingerprint density at radius 3 is 2.16 bits per heavy atom. The average molecular weight is 455 g/mol. The number of hydrogen-bond donors (Lipinski definition) is 1. The van der Waals surface area contributed by atoms with E-state index in [1.165, 1.54) is 13.2 Å². The van der Waals surface area contributed by atoms with E-state index in [0.29, 0.717) is 43.3 Å². The number of benzene rings is 1. The van der Waals surface area contributed by atoms with E-state index < -0.39 is 14.8 Å². The predicted molar refractivity (Wildman–Crippen MR) is 119 cm³/mol. The lowest BCUT2D eigenvalue weighted by molar-refractivity contribution is -0.134. The molecule has 0 saturated heterocycles. The summed E-state index contributed by atoms with van der Waals surface area (Å²) in [5.41, 5.74) is 0.629. The Labute approximate surface area is 185 Å². The number of carbonyl (C=O) groups is 2. The lowest BCUT2D eigenvalue weighted by Crippen LogP contribution is -2.45. The number of esters is 1. The topological polar surface area (TPSA) is 101 Å². The van der Waals surface area contributed by atoms with Gasteiger partial charge in [-0.15, -0.1) is 0 Å². The fraction of sp³-hybridized carbons (Fsp3) is 0.545. The SMILES string of the molecule is CCO[Si](CCCCCC(=O)Oc1ccc(/C=C/C(=O)O)cc1OC)(OCC)OCC. The summed E-state index contributed by atoms with van der Waals surface area (Å²) in [6.07, 6.45) is 5.08. The lowest BCUT2D eigenvalue weighted by Gasteiger charge is -2.28. The molecule has 0 amide bonds. The zero-order valence-corrected chi connectivity index (χ0v) is 19.8. The van der Waals surface area contributed by atoms with Crippen LogP contribution in [-0.2, 0) is 22.9 Å². The Bertz CT molecular complexity index is 702. The molecule has 0 saturated carbocycles. The Kier molecular flexibility index (Phi) is 12.8. The molecule has 1 aromatic rings. The van der Waals surface area contributed by atoms with E-state index in [-0.39, 0.29) is 12.4 Å². The minimum atomic E-state index is -2.64. The summed E-state index contributed by atoms with van der Waals surface area (Å²) >= 11 is 0. The van der Waals surface area contributed by atoms with E-state index in [0.717, 1.165) is 25.0 Å². The van der Waals surface area contributed by atoms with Gasteiger partial charge in [0.1, 0.15) is 0 Å². The van der Waals surface area contributed by atoms with Crippen LogP contribution in [0.1, 0.15) is 52.0 Å². The van der Waals surface area contributed by atoms with Gasteiger partial charge in [0, 0.05) is 38.4 Å². The first-order valence-electron chi connectivity index (χ1n) is 10.6. The van der Waals surface area contributed by atoms with Crippen molar-refractivity contribution >= 4 is 26.8 Å². The van der Waals surface area contributed by atoms with Crippen molar-refractivity contribution in [2.24, 2.45) is 0 Å². The molecule has 31 heavy (non-hydrogen) atoms. The standard InChI is InChI=1S/C22H34O8Si/c1-5-27-31(28-6-2,29-7-3)16-10-8-9-11-22(25)30-19-14-12-18(13-15-21(23)24)17-20(19)26-4/h12-15,17H,5-11,16H2,1-4H3,(H,23,24)/b15-13+. The second kappa shape index (κ2) is 14.7. The van der Waals surface area contributed by atoms with Crippen LogP contribution in [0.2, 0.25) is 6.04 Å².